The molecular weight excluding hydrogens is 436 g/mol. The third-order valence-corrected chi connectivity index (χ3v) is 8.55. The first-order valence-corrected chi connectivity index (χ1v) is 14.1. The molecule has 1 aromatic carbocycles. The van der Waals surface area contributed by atoms with Crippen LogP contribution in [0.4, 0.5) is 0 Å². The maximum absolute atomic E-state index is 13.0. The van der Waals surface area contributed by atoms with Crippen LogP contribution in [0.5, 0.6) is 0 Å². The molecule has 1 amide bonds. The normalized spacial score (nSPS) is 15.8. The van der Waals surface area contributed by atoms with Gasteiger partial charge >= 0.3 is 0 Å². The zero-order valence-corrected chi connectivity index (χ0v) is 21.3. The number of carbonyl (C=O) groups is 1. The van der Waals surface area contributed by atoms with Gasteiger partial charge in [0.1, 0.15) is 5.82 Å². The number of nitrogens with zero attached hydrogens (tertiary/aromatic N) is 3. The molecule has 3 rings (SSSR count). The quantitative estimate of drug-likeness (QED) is 0.461. The summed E-state index contributed by atoms with van der Waals surface area (Å²) in [5.74, 6) is 1.43. The van der Waals surface area contributed by atoms with Crippen LogP contribution in [0.25, 0.3) is 11.0 Å². The number of aromatic nitrogens is 2. The number of imidazole rings is 1. The first-order valence-electron chi connectivity index (χ1n) is 12.7. The van der Waals surface area contributed by atoms with E-state index < -0.39 is 10.0 Å². The van der Waals surface area contributed by atoms with Crippen LogP contribution in [-0.2, 0) is 27.8 Å². The van der Waals surface area contributed by atoms with Crippen LogP contribution in [0.3, 0.4) is 0 Å². The molecule has 2 heterocycles. The van der Waals surface area contributed by atoms with Gasteiger partial charge in [0.05, 0.1) is 15.9 Å². The van der Waals surface area contributed by atoms with Crippen molar-refractivity contribution < 1.29 is 13.2 Å². The maximum Gasteiger partial charge on any atom is 0.243 e. The molecule has 0 aliphatic carbocycles. The summed E-state index contributed by atoms with van der Waals surface area (Å²) in [5.41, 5.74) is 1.61. The molecule has 1 fully saturated rings. The van der Waals surface area contributed by atoms with Crippen LogP contribution in [0.1, 0.15) is 78.0 Å². The summed E-state index contributed by atoms with van der Waals surface area (Å²) < 4.78 is 29.6. The van der Waals surface area contributed by atoms with Crippen molar-refractivity contribution in [1.82, 2.24) is 19.2 Å². The van der Waals surface area contributed by atoms with Gasteiger partial charge in [0.15, 0.2) is 0 Å². The summed E-state index contributed by atoms with van der Waals surface area (Å²) in [5, 5.41) is 3.10. The molecular formula is C25H40N4O3S. The molecule has 184 valence electrons. The molecule has 2 aromatic rings. The lowest BCUT2D eigenvalue weighted by molar-refractivity contribution is -0.121. The van der Waals surface area contributed by atoms with Crippen molar-refractivity contribution in [3.63, 3.8) is 0 Å². The second kappa shape index (κ2) is 12.0. The highest BCUT2D eigenvalue weighted by molar-refractivity contribution is 7.89. The minimum atomic E-state index is -3.48. The highest BCUT2D eigenvalue weighted by Gasteiger charge is 2.28. The summed E-state index contributed by atoms with van der Waals surface area (Å²) in [6.45, 7) is 9.18. The Balaban J connectivity index is 1.71. The molecule has 1 unspecified atom stereocenters. The van der Waals surface area contributed by atoms with Crippen LogP contribution in [0, 0.1) is 5.92 Å². The van der Waals surface area contributed by atoms with E-state index in [1.807, 2.05) is 6.07 Å². The summed E-state index contributed by atoms with van der Waals surface area (Å²) in [4.78, 5) is 17.6. The zero-order valence-electron chi connectivity index (χ0n) is 20.5. The van der Waals surface area contributed by atoms with Crippen molar-refractivity contribution in [2.24, 2.45) is 5.92 Å². The van der Waals surface area contributed by atoms with Crippen LogP contribution < -0.4 is 5.32 Å². The van der Waals surface area contributed by atoms with E-state index in [1.54, 1.807) is 16.4 Å². The van der Waals surface area contributed by atoms with Crippen molar-refractivity contribution in [3.05, 3.63) is 24.0 Å². The lowest BCUT2D eigenvalue weighted by atomic mass is 9.99. The molecule has 0 radical (unpaired) electrons. The summed E-state index contributed by atoms with van der Waals surface area (Å²) in [6.07, 6.45) is 8.30. The first-order chi connectivity index (χ1) is 15.9. The van der Waals surface area contributed by atoms with E-state index in [1.165, 1.54) is 12.8 Å². The lowest BCUT2D eigenvalue weighted by Gasteiger charge is -2.15. The van der Waals surface area contributed by atoms with E-state index in [4.69, 9.17) is 4.98 Å². The predicted molar refractivity (Wildman–Crippen MR) is 133 cm³/mol. The van der Waals surface area contributed by atoms with Gasteiger partial charge in [0.25, 0.3) is 0 Å². The highest BCUT2D eigenvalue weighted by Crippen LogP contribution is 2.26. The van der Waals surface area contributed by atoms with Crippen LogP contribution >= 0.6 is 0 Å². The van der Waals surface area contributed by atoms with Crippen molar-refractivity contribution in [3.8, 4) is 0 Å². The van der Waals surface area contributed by atoms with Crippen LogP contribution in [0.2, 0.25) is 0 Å². The van der Waals surface area contributed by atoms with Gasteiger partial charge in [-0.2, -0.15) is 4.31 Å². The number of hydrogen-bond donors (Lipinski definition) is 1. The third-order valence-electron chi connectivity index (χ3n) is 6.66. The number of aryl methyl sites for hydroxylation is 2. The Hall–Kier alpha value is -1.93. The molecule has 0 bridgehead atoms. The van der Waals surface area contributed by atoms with Gasteiger partial charge in [-0.1, -0.05) is 40.0 Å². The predicted octanol–water partition coefficient (Wildman–Crippen LogP) is 4.50. The summed E-state index contributed by atoms with van der Waals surface area (Å²) >= 11 is 0. The third kappa shape index (κ3) is 6.35. The first kappa shape index (κ1) is 25.7. The van der Waals surface area contributed by atoms with Gasteiger partial charge in [0, 0.05) is 39.0 Å². The second-order valence-electron chi connectivity index (χ2n) is 9.16. The van der Waals surface area contributed by atoms with E-state index >= 15 is 0 Å². The summed E-state index contributed by atoms with van der Waals surface area (Å²) in [6, 6.07) is 5.25. The molecule has 1 atom stereocenters. The number of fused-ring (bicyclic) bond motifs is 1. The van der Waals surface area contributed by atoms with Gasteiger partial charge in [-0.25, -0.2) is 13.4 Å². The number of nitrogens with one attached hydrogen (secondary N) is 1. The molecule has 0 saturated carbocycles. The summed E-state index contributed by atoms with van der Waals surface area (Å²) in [7, 11) is -3.48. The van der Waals surface area contributed by atoms with Crippen molar-refractivity contribution in [2.75, 3.05) is 19.6 Å². The van der Waals surface area contributed by atoms with Crippen molar-refractivity contribution >= 4 is 27.0 Å². The molecule has 8 heteroatoms. The largest absolute Gasteiger partial charge is 0.356 e. The average Bonchev–Trinajstić information content (AvgIpc) is 3.47. The Labute approximate surface area is 199 Å². The fraction of sp³-hybridized carbons (Fsp3) is 0.680. The number of carbonyl (C=O) groups excluding carboxylic acids is 1. The average molecular weight is 477 g/mol. The molecule has 0 spiro atoms. The molecule has 33 heavy (non-hydrogen) atoms. The highest BCUT2D eigenvalue weighted by atomic mass is 32.2. The fourth-order valence-electron chi connectivity index (χ4n) is 4.58. The molecule has 1 aromatic heterocycles. The van der Waals surface area contributed by atoms with Gasteiger partial charge in [-0.05, 0) is 49.8 Å². The van der Waals surface area contributed by atoms with Gasteiger partial charge in [-0.3, -0.25) is 4.79 Å². The fourth-order valence-corrected chi connectivity index (χ4v) is 6.11. The Kier molecular flexibility index (Phi) is 9.32. The number of benzene rings is 1. The number of amides is 1. The maximum atomic E-state index is 13.0. The Morgan fingerprint density at radius 3 is 2.58 bits per heavy atom. The Bertz CT molecular complexity index is 1030. The SMILES string of the molecule is CCCCC(CC)CNC(=O)CCc1nc2cc(S(=O)(=O)N3CCCC3)ccc2n1CCC. The van der Waals surface area contributed by atoms with Gasteiger partial charge < -0.3 is 9.88 Å². The lowest BCUT2D eigenvalue weighted by Crippen LogP contribution is -2.29. The van der Waals surface area contributed by atoms with Crippen LogP contribution in [-0.4, -0.2) is 47.8 Å². The second-order valence-corrected chi connectivity index (χ2v) is 11.1. The molecule has 1 aliphatic heterocycles. The smallest absolute Gasteiger partial charge is 0.243 e. The minimum absolute atomic E-state index is 0.0531. The Morgan fingerprint density at radius 1 is 1.15 bits per heavy atom. The Morgan fingerprint density at radius 2 is 1.91 bits per heavy atom. The molecule has 1 aliphatic rings. The van der Waals surface area contributed by atoms with E-state index in [0.29, 0.717) is 42.3 Å². The standard InChI is InChI=1S/C25H40N4O3S/c1-4-7-10-20(6-3)19-26-25(30)14-13-24-27-22-18-21(11-12-23(22)29(24)15-5-2)33(31,32)28-16-8-9-17-28/h11-12,18,20H,4-10,13-17,19H2,1-3H3,(H,26,30). The molecule has 1 saturated heterocycles. The number of rotatable bonds is 13. The topological polar surface area (TPSA) is 84.3 Å². The minimum Gasteiger partial charge on any atom is -0.356 e. The van der Waals surface area contributed by atoms with Crippen molar-refractivity contribution in [2.45, 2.75) is 90.0 Å². The molecule has 7 nitrogen and oxygen atoms in total. The van der Waals surface area contributed by atoms with E-state index in [0.717, 1.165) is 56.5 Å². The number of unbranched alkanes of at least 4 members (excludes halogenated alkanes) is 1. The number of sulfonamides is 1. The van der Waals surface area contributed by atoms with E-state index in [-0.39, 0.29) is 5.91 Å². The number of hydrogen-bond acceptors (Lipinski definition) is 4. The van der Waals surface area contributed by atoms with Gasteiger partial charge in [0.2, 0.25) is 15.9 Å². The van der Waals surface area contributed by atoms with Crippen molar-refractivity contribution in [1.29, 1.82) is 0 Å². The van der Waals surface area contributed by atoms with E-state index in [9.17, 15) is 13.2 Å². The molecule has 1 N–H and O–H groups in total. The van der Waals surface area contributed by atoms with E-state index in [2.05, 4.69) is 30.7 Å². The van der Waals surface area contributed by atoms with Gasteiger partial charge in [-0.15, -0.1) is 0 Å². The monoisotopic (exact) mass is 476 g/mol. The zero-order chi connectivity index (χ0) is 23.8. The van der Waals surface area contributed by atoms with Crippen LogP contribution in [0.15, 0.2) is 23.1 Å².